The second-order valence-corrected chi connectivity index (χ2v) is 13.0. The van der Waals surface area contributed by atoms with E-state index in [2.05, 4.69) is 26.6 Å². The molecule has 0 heterocycles. The number of hydrogen-bond acceptors (Lipinski definition) is 13. The number of nitrogens with one attached hydrogen (secondary N) is 6. The Labute approximate surface area is 315 Å². The molecule has 2 aromatic carbocycles. The van der Waals surface area contributed by atoms with Gasteiger partial charge >= 0.3 is 5.97 Å². The lowest BCUT2D eigenvalue weighted by molar-refractivity contribution is -0.145. The van der Waals surface area contributed by atoms with Crippen molar-refractivity contribution in [2.45, 2.75) is 76.0 Å². The Morgan fingerprint density at radius 3 is 1.40 bits per heavy atom. The number of aliphatic hydroxyl groups excluding tert-OH is 3. The molecule has 0 radical (unpaired) electrons. The Kier molecular flexibility index (Phi) is 17.9. The van der Waals surface area contributed by atoms with E-state index in [1.54, 1.807) is 13.8 Å². The Morgan fingerprint density at radius 1 is 0.600 bits per heavy atom. The van der Waals surface area contributed by atoms with Crippen molar-refractivity contribution in [1.29, 1.82) is 0 Å². The van der Waals surface area contributed by atoms with Gasteiger partial charge in [0, 0.05) is 12.8 Å². The minimum absolute atomic E-state index is 0.0364. The van der Waals surface area contributed by atoms with Crippen LogP contribution >= 0.6 is 0 Å². The van der Waals surface area contributed by atoms with E-state index in [1.165, 1.54) is 48.5 Å². The van der Waals surface area contributed by atoms with Crippen LogP contribution in [-0.2, 0) is 46.4 Å². The molecule has 7 atom stereocenters. The van der Waals surface area contributed by atoms with Crippen LogP contribution in [0.5, 0.6) is 11.5 Å². The first-order valence-electron chi connectivity index (χ1n) is 17.1. The van der Waals surface area contributed by atoms with Gasteiger partial charge in [0.05, 0.1) is 31.9 Å². The lowest BCUT2D eigenvalue weighted by atomic mass is 10.0. The van der Waals surface area contributed by atoms with Crippen LogP contribution < -0.4 is 37.6 Å². The molecule has 0 spiro atoms. The number of aromatic hydroxyl groups is 2. The molecule has 2 aromatic rings. The van der Waals surface area contributed by atoms with Crippen LogP contribution in [0.15, 0.2) is 48.5 Å². The predicted molar refractivity (Wildman–Crippen MR) is 193 cm³/mol. The smallest absolute Gasteiger partial charge is 0.328 e. The van der Waals surface area contributed by atoms with Crippen LogP contribution in [0.25, 0.3) is 0 Å². The third-order valence-electron chi connectivity index (χ3n) is 8.16. The molecule has 20 heteroatoms. The van der Waals surface area contributed by atoms with Gasteiger partial charge in [-0.3, -0.25) is 28.8 Å². The van der Waals surface area contributed by atoms with Crippen LogP contribution in [0, 0.1) is 5.92 Å². The predicted octanol–water partition coefficient (Wildman–Crippen LogP) is -4.14. The Morgan fingerprint density at radius 2 is 1.00 bits per heavy atom. The zero-order chi connectivity index (χ0) is 41.4. The van der Waals surface area contributed by atoms with E-state index in [1.807, 2.05) is 5.32 Å². The molecule has 0 saturated heterocycles. The first-order chi connectivity index (χ1) is 25.9. The van der Waals surface area contributed by atoms with Gasteiger partial charge in [-0.2, -0.15) is 0 Å². The third-order valence-corrected chi connectivity index (χ3v) is 8.16. The van der Waals surface area contributed by atoms with Crippen molar-refractivity contribution in [1.82, 2.24) is 31.9 Å². The number of carboxylic acids is 1. The van der Waals surface area contributed by atoms with Gasteiger partial charge in [0.2, 0.25) is 35.4 Å². The number of nitrogens with two attached hydrogens (primary N) is 1. The van der Waals surface area contributed by atoms with Crippen molar-refractivity contribution < 1.29 is 64.2 Å². The number of phenolic OH excluding ortho intramolecular Hbond substituents is 2. The van der Waals surface area contributed by atoms with Crippen LogP contribution in [0.1, 0.15) is 31.9 Å². The summed E-state index contributed by atoms with van der Waals surface area (Å²) in [5, 5.41) is 71.3. The number of carbonyl (C=O) groups is 7. The zero-order valence-corrected chi connectivity index (χ0v) is 30.4. The Balaban J connectivity index is 2.22. The molecule has 0 unspecified atom stereocenters. The molecule has 0 aliphatic carbocycles. The fourth-order valence-electron chi connectivity index (χ4n) is 4.84. The molecule has 0 aliphatic heterocycles. The van der Waals surface area contributed by atoms with E-state index >= 15 is 0 Å². The number of rotatable bonds is 21. The summed E-state index contributed by atoms with van der Waals surface area (Å²) >= 11 is 0. The van der Waals surface area contributed by atoms with Gasteiger partial charge in [0.25, 0.3) is 0 Å². The SMILES string of the molecule is CC(C)[C@H](N)C(=O)N[C@@H](Cc1ccc(O)cc1)C(=O)N[C@@H](Cc1ccc(O)cc1)C(=O)N[C@@H](CO)C(=O)NCC(=O)N[C@@H](CO)C(=O)N[C@H](C(=O)O)[C@@H](C)O. The summed E-state index contributed by atoms with van der Waals surface area (Å²) in [6, 6.07) is 2.63. The van der Waals surface area contributed by atoms with Crippen LogP contribution in [0.4, 0.5) is 0 Å². The highest BCUT2D eigenvalue weighted by Crippen LogP contribution is 2.14. The summed E-state index contributed by atoms with van der Waals surface area (Å²) in [4.78, 5) is 89.4. The summed E-state index contributed by atoms with van der Waals surface area (Å²) < 4.78 is 0. The molecule has 0 saturated carbocycles. The minimum atomic E-state index is -1.75. The number of benzene rings is 2. The van der Waals surface area contributed by atoms with Gasteiger partial charge in [0.15, 0.2) is 6.04 Å². The van der Waals surface area contributed by atoms with Crippen LogP contribution in [0.3, 0.4) is 0 Å². The second-order valence-electron chi connectivity index (χ2n) is 13.0. The Bertz CT molecular complexity index is 1640. The number of aliphatic carboxylic acids is 1. The second kappa shape index (κ2) is 21.8. The topological polar surface area (TPSA) is 339 Å². The van der Waals surface area contributed by atoms with E-state index in [4.69, 9.17) is 10.8 Å². The summed E-state index contributed by atoms with van der Waals surface area (Å²) in [6.45, 7) is 1.72. The number of aliphatic hydroxyl groups is 3. The maximum Gasteiger partial charge on any atom is 0.328 e. The first kappa shape index (κ1) is 45.3. The average molecular weight is 776 g/mol. The number of amides is 6. The van der Waals surface area contributed by atoms with Gasteiger partial charge in [-0.05, 0) is 48.2 Å². The number of carboxylic acid groups (broad SMARTS) is 1. The lowest BCUT2D eigenvalue weighted by Gasteiger charge is -2.26. The summed E-state index contributed by atoms with van der Waals surface area (Å²) in [5.74, 6) is -7.70. The molecule has 0 aliphatic rings. The van der Waals surface area contributed by atoms with Gasteiger partial charge in [-0.1, -0.05) is 38.1 Å². The molecular formula is C35H49N7O13. The normalized spacial score (nSPS) is 14.8. The third kappa shape index (κ3) is 14.8. The fraction of sp³-hybridized carbons (Fsp3) is 0.457. The number of carbonyl (C=O) groups excluding carboxylic acids is 6. The monoisotopic (exact) mass is 775 g/mol. The molecule has 6 amide bonds. The van der Waals surface area contributed by atoms with Crippen molar-refractivity contribution in [3.05, 3.63) is 59.7 Å². The first-order valence-corrected chi connectivity index (χ1v) is 17.1. The highest BCUT2D eigenvalue weighted by molar-refractivity contribution is 5.96. The maximum absolute atomic E-state index is 13.8. The largest absolute Gasteiger partial charge is 0.508 e. The zero-order valence-electron chi connectivity index (χ0n) is 30.4. The highest BCUT2D eigenvalue weighted by Gasteiger charge is 2.32. The molecule has 0 fully saturated rings. The van der Waals surface area contributed by atoms with Gasteiger partial charge in [-0.25, -0.2) is 4.79 Å². The molecule has 0 bridgehead atoms. The van der Waals surface area contributed by atoms with E-state index in [0.29, 0.717) is 11.1 Å². The van der Waals surface area contributed by atoms with Crippen molar-refractivity contribution >= 4 is 41.4 Å². The van der Waals surface area contributed by atoms with E-state index in [-0.39, 0.29) is 30.3 Å². The molecule has 55 heavy (non-hydrogen) atoms. The molecule has 14 N–H and O–H groups in total. The summed E-state index contributed by atoms with van der Waals surface area (Å²) in [6.07, 6.45) is -1.80. The quantitative estimate of drug-likeness (QED) is 0.0573. The lowest BCUT2D eigenvalue weighted by Crippen LogP contribution is -2.60. The molecule has 20 nitrogen and oxygen atoms in total. The van der Waals surface area contributed by atoms with E-state index in [0.717, 1.165) is 6.92 Å². The fourth-order valence-corrected chi connectivity index (χ4v) is 4.84. The van der Waals surface area contributed by atoms with Crippen molar-refractivity contribution in [2.75, 3.05) is 19.8 Å². The van der Waals surface area contributed by atoms with Gasteiger partial charge in [0.1, 0.15) is 35.7 Å². The minimum Gasteiger partial charge on any atom is -0.508 e. The molecule has 2 rings (SSSR count). The van der Waals surface area contributed by atoms with Crippen LogP contribution in [-0.4, -0.2) is 134 Å². The number of phenols is 2. The van der Waals surface area contributed by atoms with Crippen molar-refractivity contribution in [2.24, 2.45) is 11.7 Å². The van der Waals surface area contributed by atoms with Crippen LogP contribution in [0.2, 0.25) is 0 Å². The highest BCUT2D eigenvalue weighted by atomic mass is 16.4. The summed E-state index contributed by atoms with van der Waals surface area (Å²) in [7, 11) is 0. The van der Waals surface area contributed by atoms with Crippen molar-refractivity contribution in [3.8, 4) is 11.5 Å². The average Bonchev–Trinajstić information content (AvgIpc) is 3.14. The maximum atomic E-state index is 13.8. The van der Waals surface area contributed by atoms with E-state index < -0.39 is 104 Å². The standard InChI is InChI=1S/C35H49N7O13/c1-17(2)28(36)34(53)40-24(13-20-6-10-22(47)11-7-20)31(50)39-23(12-19-4-8-21(46)9-5-19)32(51)41-25(15-43)30(49)37-14-27(48)38-26(16-44)33(52)42-29(18(3)45)35(54)55/h4-11,17-18,23-26,28-29,43-47H,12-16,36H2,1-3H3,(H,37,49)(H,38,48)(H,39,50)(H,40,53)(H,41,51)(H,42,52)(H,54,55)/t18-,23+,24+,25+,26+,28+,29+/m1/s1. The molecular weight excluding hydrogens is 726 g/mol. The molecule has 302 valence electrons. The Hall–Kier alpha value is -5.83. The van der Waals surface area contributed by atoms with E-state index in [9.17, 15) is 59.1 Å². The molecule has 0 aromatic heterocycles. The van der Waals surface area contributed by atoms with Gasteiger partial charge in [-0.15, -0.1) is 0 Å². The number of hydrogen-bond donors (Lipinski definition) is 13. The van der Waals surface area contributed by atoms with Gasteiger partial charge < -0.3 is 68.3 Å². The summed E-state index contributed by atoms with van der Waals surface area (Å²) in [5.41, 5.74) is 6.99. The van der Waals surface area contributed by atoms with Crippen molar-refractivity contribution in [3.63, 3.8) is 0 Å².